The van der Waals surface area contributed by atoms with Gasteiger partial charge in [-0.3, -0.25) is 0 Å². The van der Waals surface area contributed by atoms with Crippen LogP contribution in [-0.2, 0) is 8.85 Å². The van der Waals surface area contributed by atoms with Crippen molar-refractivity contribution >= 4 is 14.5 Å². The van der Waals surface area contributed by atoms with Crippen molar-refractivity contribution in [2.45, 2.75) is 46.5 Å². The Morgan fingerprint density at radius 3 is 2.00 bits per heavy atom. The second kappa shape index (κ2) is 8.46. The van der Waals surface area contributed by atoms with Gasteiger partial charge in [-0.1, -0.05) is 38.1 Å². The maximum Gasteiger partial charge on any atom is 0.356 e. The Hall–Kier alpha value is -0.643. The van der Waals surface area contributed by atoms with Gasteiger partial charge in [0.25, 0.3) is 0 Å². The van der Waals surface area contributed by atoms with Gasteiger partial charge < -0.3 is 8.85 Å². The summed E-state index contributed by atoms with van der Waals surface area (Å²) < 4.78 is 11.7. The molecule has 0 aromatic heterocycles. The van der Waals surface area contributed by atoms with Crippen LogP contribution in [0, 0.1) is 0 Å². The summed E-state index contributed by atoms with van der Waals surface area (Å²) in [6.45, 7) is 10.0. The molecule has 0 bridgehead atoms. The first-order valence-corrected chi connectivity index (χ1v) is 8.62. The Kier molecular flexibility index (Phi) is 7.24. The highest BCUT2D eigenvalue weighted by molar-refractivity contribution is 6.61. The van der Waals surface area contributed by atoms with E-state index in [2.05, 4.69) is 38.1 Å². The fourth-order valence-electron chi connectivity index (χ4n) is 2.36. The summed E-state index contributed by atoms with van der Waals surface area (Å²) in [6.07, 6.45) is 2.35. The number of benzene rings is 1. The molecule has 1 aromatic carbocycles. The lowest BCUT2D eigenvalue weighted by Gasteiger charge is -2.22. The average molecular weight is 266 g/mol. The van der Waals surface area contributed by atoms with E-state index < -0.39 is 9.28 Å². The summed E-state index contributed by atoms with van der Waals surface area (Å²) >= 11 is 0. The number of hydrogen-bond acceptors (Lipinski definition) is 2. The largest absolute Gasteiger partial charge is 0.394 e. The van der Waals surface area contributed by atoms with E-state index in [4.69, 9.17) is 8.85 Å². The Morgan fingerprint density at radius 1 is 0.944 bits per heavy atom. The van der Waals surface area contributed by atoms with Gasteiger partial charge in [0, 0.05) is 13.2 Å². The van der Waals surface area contributed by atoms with E-state index in [0.717, 1.165) is 13.2 Å². The highest BCUT2D eigenvalue weighted by Gasteiger charge is 2.21. The molecule has 0 heterocycles. The second-order valence-electron chi connectivity index (χ2n) is 4.38. The zero-order valence-electron chi connectivity index (χ0n) is 12.1. The summed E-state index contributed by atoms with van der Waals surface area (Å²) in [5.74, 6) is 0.622. The topological polar surface area (TPSA) is 18.5 Å². The SMILES string of the molecule is CCO[SiH](OCC)c1ccccc1C(CC)CC. The molecule has 0 amide bonds. The molecule has 3 heteroatoms. The average Bonchev–Trinajstić information content (AvgIpc) is 2.41. The van der Waals surface area contributed by atoms with E-state index in [1.54, 1.807) is 0 Å². The molecular formula is C15H26O2Si. The first-order chi connectivity index (χ1) is 8.78. The van der Waals surface area contributed by atoms with Crippen LogP contribution in [0.4, 0.5) is 0 Å². The van der Waals surface area contributed by atoms with Gasteiger partial charge in [-0.05, 0) is 43.4 Å². The zero-order chi connectivity index (χ0) is 13.4. The predicted molar refractivity (Wildman–Crippen MR) is 79.8 cm³/mol. The van der Waals surface area contributed by atoms with Crippen LogP contribution in [0.2, 0.25) is 0 Å². The Morgan fingerprint density at radius 2 is 1.50 bits per heavy atom. The van der Waals surface area contributed by atoms with E-state index in [-0.39, 0.29) is 0 Å². The van der Waals surface area contributed by atoms with Crippen molar-refractivity contribution in [2.75, 3.05) is 13.2 Å². The van der Waals surface area contributed by atoms with Gasteiger partial charge in [-0.2, -0.15) is 0 Å². The van der Waals surface area contributed by atoms with Gasteiger partial charge in [0.2, 0.25) is 0 Å². The van der Waals surface area contributed by atoms with E-state index in [0.29, 0.717) is 5.92 Å². The first-order valence-electron chi connectivity index (χ1n) is 7.10. The molecule has 0 spiro atoms. The van der Waals surface area contributed by atoms with Gasteiger partial charge in [-0.25, -0.2) is 0 Å². The van der Waals surface area contributed by atoms with Crippen LogP contribution in [-0.4, -0.2) is 22.5 Å². The van der Waals surface area contributed by atoms with Crippen LogP contribution in [0.3, 0.4) is 0 Å². The molecule has 0 atom stereocenters. The Labute approximate surface area is 113 Å². The molecule has 0 saturated heterocycles. The fourth-order valence-corrected chi connectivity index (χ4v) is 4.29. The molecule has 0 aliphatic rings. The molecule has 1 aromatic rings. The monoisotopic (exact) mass is 266 g/mol. The normalized spacial score (nSPS) is 11.4. The van der Waals surface area contributed by atoms with Crippen molar-refractivity contribution in [3.63, 3.8) is 0 Å². The van der Waals surface area contributed by atoms with Crippen LogP contribution >= 0.6 is 0 Å². The minimum atomic E-state index is -1.72. The van der Waals surface area contributed by atoms with Gasteiger partial charge in [0.1, 0.15) is 0 Å². The van der Waals surface area contributed by atoms with Gasteiger partial charge in [0.15, 0.2) is 0 Å². The van der Waals surface area contributed by atoms with E-state index >= 15 is 0 Å². The maximum absolute atomic E-state index is 5.86. The Balaban J connectivity index is 3.04. The molecule has 0 radical (unpaired) electrons. The fraction of sp³-hybridized carbons (Fsp3) is 0.600. The molecule has 0 aliphatic heterocycles. The van der Waals surface area contributed by atoms with Crippen LogP contribution < -0.4 is 5.19 Å². The van der Waals surface area contributed by atoms with Crippen molar-refractivity contribution in [1.29, 1.82) is 0 Å². The van der Waals surface area contributed by atoms with Crippen molar-refractivity contribution in [3.8, 4) is 0 Å². The summed E-state index contributed by atoms with van der Waals surface area (Å²) in [7, 11) is -1.72. The Bertz CT molecular complexity index is 331. The molecule has 0 unspecified atom stereocenters. The van der Waals surface area contributed by atoms with Crippen LogP contribution in [0.25, 0.3) is 0 Å². The molecule has 0 saturated carbocycles. The quantitative estimate of drug-likeness (QED) is 0.673. The van der Waals surface area contributed by atoms with Crippen LogP contribution in [0.5, 0.6) is 0 Å². The standard InChI is InChI=1S/C15H26O2Si/c1-5-13(6-2)14-11-9-10-12-15(14)18(16-7-3)17-8-4/h9-13,18H,5-8H2,1-4H3. The zero-order valence-corrected chi connectivity index (χ0v) is 13.3. The maximum atomic E-state index is 5.86. The predicted octanol–water partition coefficient (Wildman–Crippen LogP) is 3.09. The number of hydrogen-bond donors (Lipinski definition) is 0. The van der Waals surface area contributed by atoms with Crippen molar-refractivity contribution < 1.29 is 8.85 Å². The van der Waals surface area contributed by atoms with E-state index in [9.17, 15) is 0 Å². The van der Waals surface area contributed by atoms with Crippen molar-refractivity contribution in [3.05, 3.63) is 29.8 Å². The lowest BCUT2D eigenvalue weighted by Crippen LogP contribution is -2.39. The van der Waals surface area contributed by atoms with Gasteiger partial charge in [-0.15, -0.1) is 0 Å². The smallest absolute Gasteiger partial charge is 0.356 e. The van der Waals surface area contributed by atoms with Crippen molar-refractivity contribution in [2.24, 2.45) is 0 Å². The highest BCUT2D eigenvalue weighted by Crippen LogP contribution is 2.21. The minimum Gasteiger partial charge on any atom is -0.394 e. The van der Waals surface area contributed by atoms with E-state index in [1.807, 2.05) is 13.8 Å². The molecule has 0 N–H and O–H groups in total. The lowest BCUT2D eigenvalue weighted by atomic mass is 9.94. The van der Waals surface area contributed by atoms with Gasteiger partial charge >= 0.3 is 9.28 Å². The molecule has 102 valence electrons. The molecule has 18 heavy (non-hydrogen) atoms. The van der Waals surface area contributed by atoms with Crippen molar-refractivity contribution in [1.82, 2.24) is 0 Å². The van der Waals surface area contributed by atoms with Gasteiger partial charge in [0.05, 0.1) is 0 Å². The first kappa shape index (κ1) is 15.4. The molecule has 2 nitrogen and oxygen atoms in total. The summed E-state index contributed by atoms with van der Waals surface area (Å²) in [5.41, 5.74) is 1.43. The third kappa shape index (κ3) is 3.94. The third-order valence-electron chi connectivity index (χ3n) is 3.31. The lowest BCUT2D eigenvalue weighted by molar-refractivity contribution is 0.225. The molecule has 0 aliphatic carbocycles. The summed E-state index contributed by atoms with van der Waals surface area (Å²) in [4.78, 5) is 0. The minimum absolute atomic E-state index is 0.622. The summed E-state index contributed by atoms with van der Waals surface area (Å²) in [5, 5.41) is 1.33. The number of rotatable bonds is 8. The summed E-state index contributed by atoms with van der Waals surface area (Å²) in [6, 6.07) is 8.65. The van der Waals surface area contributed by atoms with E-state index in [1.165, 1.54) is 23.6 Å². The molecule has 0 fully saturated rings. The molecule has 1 rings (SSSR count). The van der Waals surface area contributed by atoms with Crippen LogP contribution in [0.1, 0.15) is 52.0 Å². The highest BCUT2D eigenvalue weighted by atomic mass is 28.3. The van der Waals surface area contributed by atoms with Crippen LogP contribution in [0.15, 0.2) is 24.3 Å². The molecular weight excluding hydrogens is 240 g/mol. The third-order valence-corrected chi connectivity index (χ3v) is 5.62. The second-order valence-corrected chi connectivity index (χ2v) is 6.34.